The summed E-state index contributed by atoms with van der Waals surface area (Å²) >= 11 is 0. The minimum Gasteiger partial charge on any atom is -0.391 e. The van der Waals surface area contributed by atoms with Gasteiger partial charge in [0.1, 0.15) is 0 Å². The second-order valence-corrected chi connectivity index (χ2v) is 5.68. The van der Waals surface area contributed by atoms with E-state index in [1.807, 2.05) is 0 Å². The van der Waals surface area contributed by atoms with E-state index in [2.05, 4.69) is 0 Å². The highest BCUT2D eigenvalue weighted by Crippen LogP contribution is 2.21. The van der Waals surface area contributed by atoms with Gasteiger partial charge in [-0.3, -0.25) is 4.79 Å². The number of hydrogen-bond acceptors (Lipinski definition) is 5. The fraction of sp³-hybridized carbons (Fsp3) is 0.923. The third kappa shape index (κ3) is 4.14. The molecule has 2 aliphatic rings. The Morgan fingerprint density at radius 2 is 1.95 bits per heavy atom. The van der Waals surface area contributed by atoms with Crippen LogP contribution in [0.15, 0.2) is 0 Å². The van der Waals surface area contributed by atoms with Crippen LogP contribution in [0.1, 0.15) is 25.7 Å². The molecule has 6 nitrogen and oxygen atoms in total. The van der Waals surface area contributed by atoms with E-state index in [1.165, 1.54) is 0 Å². The van der Waals surface area contributed by atoms with E-state index in [1.54, 1.807) is 4.90 Å². The maximum absolute atomic E-state index is 12.2. The van der Waals surface area contributed by atoms with Crippen LogP contribution in [-0.2, 0) is 9.53 Å². The summed E-state index contributed by atoms with van der Waals surface area (Å²) in [6, 6.07) is -0.462. The zero-order valence-electron chi connectivity index (χ0n) is 11.2. The molecule has 19 heavy (non-hydrogen) atoms. The van der Waals surface area contributed by atoms with Gasteiger partial charge in [-0.05, 0) is 25.2 Å². The molecule has 0 radical (unpaired) electrons. The van der Waals surface area contributed by atoms with Crippen molar-refractivity contribution in [1.82, 2.24) is 4.90 Å². The summed E-state index contributed by atoms with van der Waals surface area (Å²) in [5, 5.41) is 19.6. The lowest BCUT2D eigenvalue weighted by Crippen LogP contribution is -2.43. The van der Waals surface area contributed by atoms with Crippen molar-refractivity contribution < 1.29 is 19.7 Å². The normalized spacial score (nSPS) is 34.1. The summed E-state index contributed by atoms with van der Waals surface area (Å²) < 4.78 is 5.27. The van der Waals surface area contributed by atoms with Crippen LogP contribution in [0.2, 0.25) is 0 Å². The lowest BCUT2D eigenvalue weighted by Gasteiger charge is -2.27. The molecule has 3 atom stereocenters. The van der Waals surface area contributed by atoms with Gasteiger partial charge in [-0.1, -0.05) is 0 Å². The van der Waals surface area contributed by atoms with Crippen molar-refractivity contribution >= 4 is 5.91 Å². The van der Waals surface area contributed by atoms with E-state index in [9.17, 15) is 15.0 Å². The van der Waals surface area contributed by atoms with E-state index in [0.717, 1.165) is 12.8 Å². The predicted octanol–water partition coefficient (Wildman–Crippen LogP) is -0.915. The molecule has 2 aliphatic heterocycles. The third-order valence-electron chi connectivity index (χ3n) is 4.03. The van der Waals surface area contributed by atoms with E-state index in [4.69, 9.17) is 10.5 Å². The highest BCUT2D eigenvalue weighted by Gasteiger charge is 2.30. The molecular weight excluding hydrogens is 248 g/mol. The van der Waals surface area contributed by atoms with Crippen molar-refractivity contribution in [2.75, 3.05) is 26.3 Å². The lowest BCUT2D eigenvalue weighted by atomic mass is 9.96. The third-order valence-corrected chi connectivity index (χ3v) is 4.03. The van der Waals surface area contributed by atoms with E-state index >= 15 is 0 Å². The molecule has 1 amide bonds. The van der Waals surface area contributed by atoms with Gasteiger partial charge < -0.3 is 25.6 Å². The van der Waals surface area contributed by atoms with Gasteiger partial charge in [-0.25, -0.2) is 0 Å². The van der Waals surface area contributed by atoms with Gasteiger partial charge in [-0.15, -0.1) is 0 Å². The van der Waals surface area contributed by atoms with Crippen LogP contribution in [0.25, 0.3) is 0 Å². The Bertz CT molecular complexity index is 307. The zero-order valence-corrected chi connectivity index (χ0v) is 11.2. The van der Waals surface area contributed by atoms with Crippen LogP contribution >= 0.6 is 0 Å². The Kier molecular flexibility index (Phi) is 5.15. The van der Waals surface area contributed by atoms with Gasteiger partial charge in [0.25, 0.3) is 0 Å². The average Bonchev–Trinajstić information content (AvgIpc) is 2.50. The number of carbonyl (C=O) groups excluding carboxylic acids is 1. The maximum atomic E-state index is 12.2. The smallest absolute Gasteiger partial charge is 0.223 e. The first-order valence-electron chi connectivity index (χ1n) is 7.03. The SMILES string of the molecule is N[C@@H]1C[C@@H](O)CN(C(=O)CC2CCOCC2)C[C@H]1O. The van der Waals surface area contributed by atoms with Crippen LogP contribution < -0.4 is 5.73 Å². The van der Waals surface area contributed by atoms with Crippen molar-refractivity contribution in [3.63, 3.8) is 0 Å². The Hall–Kier alpha value is -0.690. The molecule has 0 aromatic rings. The van der Waals surface area contributed by atoms with Gasteiger partial charge in [0, 0.05) is 38.8 Å². The number of rotatable bonds is 2. The van der Waals surface area contributed by atoms with Crippen molar-refractivity contribution in [3.05, 3.63) is 0 Å². The number of nitrogens with zero attached hydrogens (tertiary/aromatic N) is 1. The fourth-order valence-electron chi connectivity index (χ4n) is 2.77. The standard InChI is InChI=1S/C13H24N2O4/c14-11-6-10(16)7-15(8-12(11)17)13(18)5-9-1-3-19-4-2-9/h9-12,16-17H,1-8,14H2/t10-,11-,12-/m1/s1. The number of aliphatic hydroxyl groups is 2. The van der Waals surface area contributed by atoms with Gasteiger partial charge >= 0.3 is 0 Å². The molecule has 110 valence electrons. The number of hydrogen-bond donors (Lipinski definition) is 3. The number of β-amino-alcohol motifs (C(OH)–C–C–N with tert-alkyl or cyclic N) is 2. The first-order chi connectivity index (χ1) is 9.06. The molecule has 2 heterocycles. The Morgan fingerprint density at radius 1 is 1.26 bits per heavy atom. The summed E-state index contributed by atoms with van der Waals surface area (Å²) in [6.07, 6.45) is 1.22. The predicted molar refractivity (Wildman–Crippen MR) is 69.3 cm³/mol. The number of amides is 1. The number of likely N-dealkylation sites (tertiary alicyclic amines) is 1. The van der Waals surface area contributed by atoms with Gasteiger partial charge in [0.2, 0.25) is 5.91 Å². The number of carbonyl (C=O) groups is 1. The van der Waals surface area contributed by atoms with Gasteiger partial charge in [-0.2, -0.15) is 0 Å². The summed E-state index contributed by atoms with van der Waals surface area (Å²) in [5.74, 6) is 0.353. The monoisotopic (exact) mass is 272 g/mol. The highest BCUT2D eigenvalue weighted by molar-refractivity contribution is 5.76. The van der Waals surface area contributed by atoms with Crippen molar-refractivity contribution in [3.8, 4) is 0 Å². The van der Waals surface area contributed by atoms with Crippen LogP contribution in [0.4, 0.5) is 0 Å². The molecule has 2 fully saturated rings. The molecule has 2 saturated heterocycles. The van der Waals surface area contributed by atoms with E-state index in [-0.39, 0.29) is 19.0 Å². The van der Waals surface area contributed by atoms with Crippen LogP contribution in [0.5, 0.6) is 0 Å². The Labute approximate surface area is 113 Å². The summed E-state index contributed by atoms with van der Waals surface area (Å²) in [5.41, 5.74) is 5.75. The molecule has 0 spiro atoms. The fourth-order valence-corrected chi connectivity index (χ4v) is 2.77. The van der Waals surface area contributed by atoms with Crippen LogP contribution in [0, 0.1) is 5.92 Å². The quantitative estimate of drug-likeness (QED) is 0.604. The van der Waals surface area contributed by atoms with E-state index in [0.29, 0.717) is 32.0 Å². The number of nitrogens with two attached hydrogens (primary N) is 1. The molecule has 2 rings (SSSR count). The molecular formula is C13H24N2O4. The Morgan fingerprint density at radius 3 is 2.63 bits per heavy atom. The van der Waals surface area contributed by atoms with Gasteiger partial charge in [0.05, 0.1) is 12.2 Å². The number of ether oxygens (including phenoxy) is 1. The van der Waals surface area contributed by atoms with Crippen LogP contribution in [0.3, 0.4) is 0 Å². The van der Waals surface area contributed by atoms with Crippen molar-refractivity contribution in [1.29, 1.82) is 0 Å². The second-order valence-electron chi connectivity index (χ2n) is 5.68. The lowest BCUT2D eigenvalue weighted by molar-refractivity contribution is -0.135. The summed E-state index contributed by atoms with van der Waals surface area (Å²) in [4.78, 5) is 13.8. The van der Waals surface area contributed by atoms with Crippen molar-refractivity contribution in [2.45, 2.75) is 43.9 Å². The minimum absolute atomic E-state index is 0.000833. The first kappa shape index (κ1) is 14.7. The number of aliphatic hydroxyl groups excluding tert-OH is 2. The highest BCUT2D eigenvalue weighted by atomic mass is 16.5. The van der Waals surface area contributed by atoms with E-state index < -0.39 is 18.2 Å². The summed E-state index contributed by atoms with van der Waals surface area (Å²) in [7, 11) is 0. The van der Waals surface area contributed by atoms with Gasteiger partial charge in [0.15, 0.2) is 0 Å². The zero-order chi connectivity index (χ0) is 13.8. The second kappa shape index (κ2) is 6.65. The van der Waals surface area contributed by atoms with Crippen molar-refractivity contribution in [2.24, 2.45) is 11.7 Å². The molecule has 0 unspecified atom stereocenters. The first-order valence-corrected chi connectivity index (χ1v) is 7.03. The molecule has 0 saturated carbocycles. The molecule has 4 N–H and O–H groups in total. The molecule has 6 heteroatoms. The molecule has 0 aliphatic carbocycles. The van der Waals surface area contributed by atoms with Crippen LogP contribution in [-0.4, -0.2) is 65.6 Å². The average molecular weight is 272 g/mol. The Balaban J connectivity index is 1.89. The molecule has 0 aromatic heterocycles. The molecule has 0 bridgehead atoms. The minimum atomic E-state index is -0.754. The maximum Gasteiger partial charge on any atom is 0.223 e. The largest absolute Gasteiger partial charge is 0.391 e. The topological polar surface area (TPSA) is 96.0 Å². The summed E-state index contributed by atoms with van der Waals surface area (Å²) in [6.45, 7) is 1.93. The molecule has 0 aromatic carbocycles.